The molecule has 0 aliphatic rings. The lowest BCUT2D eigenvalue weighted by Gasteiger charge is -2.25. The van der Waals surface area contributed by atoms with E-state index in [1.807, 2.05) is 50.0 Å². The van der Waals surface area contributed by atoms with Gasteiger partial charge in [0.1, 0.15) is 0 Å². The summed E-state index contributed by atoms with van der Waals surface area (Å²) in [6.45, 7) is 6.52. The van der Waals surface area contributed by atoms with Crippen molar-refractivity contribution in [2.24, 2.45) is 0 Å². The number of benzene rings is 1. The Hall–Kier alpha value is -2.73. The van der Waals surface area contributed by atoms with Gasteiger partial charge in [-0.15, -0.1) is 0 Å². The van der Waals surface area contributed by atoms with E-state index in [9.17, 15) is 4.79 Å². The maximum atomic E-state index is 12.8. The van der Waals surface area contributed by atoms with Crippen molar-refractivity contribution in [2.75, 3.05) is 20.6 Å². The molecule has 1 aromatic carbocycles. The number of carbonyl (C=O) groups is 1. The third kappa shape index (κ3) is 4.01. The Morgan fingerprint density at radius 1 is 1.22 bits per heavy atom. The van der Waals surface area contributed by atoms with E-state index in [1.54, 1.807) is 6.20 Å². The van der Waals surface area contributed by atoms with Crippen molar-refractivity contribution in [3.63, 3.8) is 0 Å². The van der Waals surface area contributed by atoms with Crippen molar-refractivity contribution in [1.82, 2.24) is 25.0 Å². The lowest BCUT2D eigenvalue weighted by Crippen LogP contribution is -2.34. The molecule has 142 valence electrons. The lowest BCUT2D eigenvalue weighted by atomic mass is 10.1. The van der Waals surface area contributed by atoms with Crippen LogP contribution in [0.5, 0.6) is 0 Å². The highest BCUT2D eigenvalue weighted by atomic mass is 16.1. The van der Waals surface area contributed by atoms with Crippen LogP contribution in [-0.4, -0.2) is 46.2 Å². The van der Waals surface area contributed by atoms with Gasteiger partial charge in [0.05, 0.1) is 23.5 Å². The van der Waals surface area contributed by atoms with E-state index >= 15 is 0 Å². The van der Waals surface area contributed by atoms with Gasteiger partial charge in [0, 0.05) is 18.0 Å². The molecule has 27 heavy (non-hydrogen) atoms. The number of nitrogens with one attached hydrogen (secondary N) is 1. The highest BCUT2D eigenvalue weighted by molar-refractivity contribution is 5.98. The second kappa shape index (κ2) is 7.88. The number of pyridine rings is 1. The van der Waals surface area contributed by atoms with E-state index in [0.29, 0.717) is 17.8 Å². The molecule has 2 aromatic heterocycles. The van der Waals surface area contributed by atoms with Crippen LogP contribution < -0.4 is 5.32 Å². The maximum Gasteiger partial charge on any atom is 0.253 e. The highest BCUT2D eigenvalue weighted by Gasteiger charge is 2.18. The van der Waals surface area contributed by atoms with Crippen LogP contribution in [0, 0.1) is 6.92 Å². The van der Waals surface area contributed by atoms with Crippen LogP contribution in [0.25, 0.3) is 11.0 Å². The van der Waals surface area contributed by atoms with Gasteiger partial charge in [-0.1, -0.05) is 30.3 Å². The third-order valence-electron chi connectivity index (χ3n) is 4.76. The summed E-state index contributed by atoms with van der Waals surface area (Å²) in [5.41, 5.74) is 3.29. The molecule has 0 saturated heterocycles. The molecule has 0 spiro atoms. The Morgan fingerprint density at radius 2 is 1.93 bits per heavy atom. The first kappa shape index (κ1) is 19.0. The van der Waals surface area contributed by atoms with E-state index in [1.165, 1.54) is 5.56 Å². The van der Waals surface area contributed by atoms with Crippen LogP contribution in [0.1, 0.15) is 47.5 Å². The predicted octanol–water partition coefficient (Wildman–Crippen LogP) is 3.35. The molecule has 0 bridgehead atoms. The Morgan fingerprint density at radius 3 is 2.56 bits per heavy atom. The molecule has 1 amide bonds. The number of amides is 1. The number of nitrogens with zero attached hydrogens (tertiary/aromatic N) is 4. The predicted molar refractivity (Wildman–Crippen MR) is 108 cm³/mol. The second-order valence-electron chi connectivity index (χ2n) is 7.32. The first-order chi connectivity index (χ1) is 12.9. The largest absolute Gasteiger partial charge is 0.350 e. The minimum absolute atomic E-state index is 0.107. The van der Waals surface area contributed by atoms with Gasteiger partial charge < -0.3 is 10.2 Å². The minimum atomic E-state index is -0.109. The third-order valence-corrected chi connectivity index (χ3v) is 4.76. The summed E-state index contributed by atoms with van der Waals surface area (Å²) in [6, 6.07) is 12.4. The van der Waals surface area contributed by atoms with Crippen molar-refractivity contribution in [2.45, 2.75) is 32.9 Å². The van der Waals surface area contributed by atoms with Gasteiger partial charge in [0.25, 0.3) is 5.91 Å². The maximum absolute atomic E-state index is 12.8. The Balaban J connectivity index is 1.80. The zero-order chi connectivity index (χ0) is 19.6. The number of hydrogen-bond donors (Lipinski definition) is 1. The molecule has 3 rings (SSSR count). The summed E-state index contributed by atoms with van der Waals surface area (Å²) in [4.78, 5) is 19.5. The molecule has 6 nitrogen and oxygen atoms in total. The van der Waals surface area contributed by atoms with Gasteiger partial charge in [0.15, 0.2) is 5.65 Å². The topological polar surface area (TPSA) is 63.1 Å². The van der Waals surface area contributed by atoms with E-state index in [4.69, 9.17) is 0 Å². The molecule has 1 atom stereocenters. The van der Waals surface area contributed by atoms with Crippen LogP contribution in [0.2, 0.25) is 0 Å². The normalized spacial score (nSPS) is 12.7. The Labute approximate surface area is 160 Å². The second-order valence-corrected chi connectivity index (χ2v) is 7.32. The van der Waals surface area contributed by atoms with Crippen LogP contribution in [0.3, 0.4) is 0 Å². The van der Waals surface area contributed by atoms with Crippen LogP contribution in [-0.2, 0) is 0 Å². The quantitative estimate of drug-likeness (QED) is 0.728. The van der Waals surface area contributed by atoms with Crippen molar-refractivity contribution in [1.29, 1.82) is 0 Å². The summed E-state index contributed by atoms with van der Waals surface area (Å²) < 4.78 is 1.88. The number of rotatable bonds is 6. The fourth-order valence-corrected chi connectivity index (χ4v) is 3.23. The van der Waals surface area contributed by atoms with Crippen molar-refractivity contribution in [3.8, 4) is 0 Å². The number of carbonyl (C=O) groups excluding carboxylic acids is 1. The number of hydrogen-bond acceptors (Lipinski definition) is 4. The molecule has 0 saturated carbocycles. The van der Waals surface area contributed by atoms with E-state index in [0.717, 1.165) is 11.0 Å². The average molecular weight is 365 g/mol. The standard InChI is InChI=1S/C21H27N5O/c1-14(2)26-20-17(12-23-26)11-18(15(3)24-20)21(27)22-13-19(25(4)5)16-9-7-6-8-10-16/h6-12,14,19H,13H2,1-5H3,(H,22,27). The van der Waals surface area contributed by atoms with Crippen molar-refractivity contribution >= 4 is 16.9 Å². The molecule has 1 N–H and O–H groups in total. The molecular formula is C21H27N5O. The average Bonchev–Trinajstić information content (AvgIpc) is 3.04. The van der Waals surface area contributed by atoms with Gasteiger partial charge in [-0.3, -0.25) is 4.79 Å². The monoisotopic (exact) mass is 365 g/mol. The number of aromatic nitrogens is 3. The van der Waals surface area contributed by atoms with E-state index in [-0.39, 0.29) is 18.0 Å². The van der Waals surface area contributed by atoms with Crippen molar-refractivity contribution < 1.29 is 4.79 Å². The fourth-order valence-electron chi connectivity index (χ4n) is 3.23. The van der Waals surface area contributed by atoms with Crippen molar-refractivity contribution in [3.05, 3.63) is 59.4 Å². The lowest BCUT2D eigenvalue weighted by molar-refractivity contribution is 0.0941. The molecule has 0 aliphatic heterocycles. The number of aryl methyl sites for hydroxylation is 1. The Kier molecular flexibility index (Phi) is 5.56. The first-order valence-electron chi connectivity index (χ1n) is 9.23. The van der Waals surface area contributed by atoms with Crippen LogP contribution in [0.15, 0.2) is 42.6 Å². The van der Waals surface area contributed by atoms with E-state index in [2.05, 4.69) is 46.3 Å². The SMILES string of the molecule is Cc1nc2c(cnn2C(C)C)cc1C(=O)NCC(c1ccccc1)N(C)C. The Bertz CT molecular complexity index is 930. The zero-order valence-electron chi connectivity index (χ0n) is 16.6. The zero-order valence-corrected chi connectivity index (χ0v) is 16.6. The summed E-state index contributed by atoms with van der Waals surface area (Å²) in [5, 5.41) is 8.34. The van der Waals surface area contributed by atoms with E-state index < -0.39 is 0 Å². The molecule has 0 fully saturated rings. The molecule has 6 heteroatoms. The molecule has 0 radical (unpaired) electrons. The van der Waals surface area contributed by atoms with Gasteiger partial charge in [-0.05, 0) is 46.5 Å². The number of likely N-dealkylation sites (N-methyl/N-ethyl adjacent to an activating group) is 1. The van der Waals surface area contributed by atoms with Gasteiger partial charge in [0.2, 0.25) is 0 Å². The molecule has 2 heterocycles. The molecule has 3 aromatic rings. The smallest absolute Gasteiger partial charge is 0.253 e. The van der Waals surface area contributed by atoms with Gasteiger partial charge in [-0.25, -0.2) is 9.67 Å². The fraction of sp³-hybridized carbons (Fsp3) is 0.381. The van der Waals surface area contributed by atoms with Crippen LogP contribution >= 0.6 is 0 Å². The summed E-state index contributed by atoms with van der Waals surface area (Å²) >= 11 is 0. The molecule has 1 unspecified atom stereocenters. The van der Waals surface area contributed by atoms with Gasteiger partial charge in [-0.2, -0.15) is 5.10 Å². The summed E-state index contributed by atoms with van der Waals surface area (Å²) in [5.74, 6) is -0.109. The summed E-state index contributed by atoms with van der Waals surface area (Å²) in [6.07, 6.45) is 1.77. The highest BCUT2D eigenvalue weighted by Crippen LogP contribution is 2.20. The molecular weight excluding hydrogens is 338 g/mol. The first-order valence-corrected chi connectivity index (χ1v) is 9.23. The molecule has 0 aliphatic carbocycles. The minimum Gasteiger partial charge on any atom is -0.350 e. The van der Waals surface area contributed by atoms with Crippen LogP contribution in [0.4, 0.5) is 0 Å². The van der Waals surface area contributed by atoms with Gasteiger partial charge >= 0.3 is 0 Å². The summed E-state index contributed by atoms with van der Waals surface area (Å²) in [7, 11) is 4.03. The number of fused-ring (bicyclic) bond motifs is 1.